The summed E-state index contributed by atoms with van der Waals surface area (Å²) in [7, 11) is 0. The summed E-state index contributed by atoms with van der Waals surface area (Å²) in [6, 6.07) is 4.47. The highest BCUT2D eigenvalue weighted by molar-refractivity contribution is 5.74. The standard InChI is InChI=1S/C17H25F3N2O2/c1-5-22(11-16(3,4)24)15(23)21-12(2)10-13-8-6-7-9-14(13)17(18,19)20/h6-9,12,24H,5,10-11H2,1-4H3,(H,21,23). The number of nitrogens with zero attached hydrogens (tertiary/aromatic N) is 1. The van der Waals surface area contributed by atoms with Crippen LogP contribution in [-0.2, 0) is 12.6 Å². The first kappa shape index (κ1) is 20.3. The summed E-state index contributed by atoms with van der Waals surface area (Å²) < 4.78 is 39.0. The Morgan fingerprint density at radius 2 is 1.88 bits per heavy atom. The maximum absolute atomic E-state index is 13.0. The number of carbonyl (C=O) groups excluding carboxylic acids is 1. The van der Waals surface area contributed by atoms with Gasteiger partial charge in [0.2, 0.25) is 0 Å². The first-order valence-electron chi connectivity index (χ1n) is 7.87. The molecule has 0 radical (unpaired) electrons. The van der Waals surface area contributed by atoms with Crippen LogP contribution in [0.5, 0.6) is 0 Å². The number of carbonyl (C=O) groups is 1. The molecule has 2 amide bonds. The fourth-order valence-electron chi connectivity index (χ4n) is 2.45. The molecule has 0 fully saturated rings. The quantitative estimate of drug-likeness (QED) is 0.829. The summed E-state index contributed by atoms with van der Waals surface area (Å²) in [4.78, 5) is 13.6. The molecule has 1 rings (SSSR count). The summed E-state index contributed by atoms with van der Waals surface area (Å²) in [6.45, 7) is 7.14. The number of hydrogen-bond acceptors (Lipinski definition) is 2. The molecule has 2 N–H and O–H groups in total. The highest BCUT2D eigenvalue weighted by Gasteiger charge is 2.33. The summed E-state index contributed by atoms with van der Waals surface area (Å²) >= 11 is 0. The van der Waals surface area contributed by atoms with Crippen molar-refractivity contribution in [1.82, 2.24) is 10.2 Å². The lowest BCUT2D eigenvalue weighted by atomic mass is 10.0. The van der Waals surface area contributed by atoms with Gasteiger partial charge in [-0.2, -0.15) is 13.2 Å². The topological polar surface area (TPSA) is 52.6 Å². The van der Waals surface area contributed by atoms with E-state index in [1.54, 1.807) is 33.8 Å². The molecule has 0 aliphatic heterocycles. The number of benzene rings is 1. The summed E-state index contributed by atoms with van der Waals surface area (Å²) in [6.07, 6.45) is -4.35. The Bertz CT molecular complexity index is 554. The number of alkyl halides is 3. The Hall–Kier alpha value is -1.76. The average Bonchev–Trinajstić information content (AvgIpc) is 2.42. The molecule has 136 valence electrons. The van der Waals surface area contributed by atoms with E-state index < -0.39 is 29.4 Å². The van der Waals surface area contributed by atoms with Crippen LogP contribution in [0, 0.1) is 0 Å². The zero-order valence-electron chi connectivity index (χ0n) is 14.4. The first-order valence-corrected chi connectivity index (χ1v) is 7.87. The van der Waals surface area contributed by atoms with Gasteiger partial charge in [-0.05, 0) is 45.7 Å². The third kappa shape index (κ3) is 6.39. The molecule has 0 bridgehead atoms. The second kappa shape index (κ2) is 7.88. The number of likely N-dealkylation sites (N-methyl/N-ethyl adjacent to an activating group) is 1. The lowest BCUT2D eigenvalue weighted by molar-refractivity contribution is -0.138. The molecule has 1 aromatic rings. The lowest BCUT2D eigenvalue weighted by Crippen LogP contribution is -2.49. The third-order valence-corrected chi connectivity index (χ3v) is 3.47. The van der Waals surface area contributed by atoms with E-state index in [9.17, 15) is 23.1 Å². The SMILES string of the molecule is CCN(CC(C)(C)O)C(=O)NC(C)Cc1ccccc1C(F)(F)F. The molecule has 0 heterocycles. The van der Waals surface area contributed by atoms with Gasteiger partial charge in [0, 0.05) is 12.6 Å². The van der Waals surface area contributed by atoms with Gasteiger partial charge < -0.3 is 15.3 Å². The Morgan fingerprint density at radius 3 is 2.38 bits per heavy atom. The predicted octanol–water partition coefficient (Wildman–Crippen LogP) is 3.44. The molecule has 7 heteroatoms. The molecule has 1 unspecified atom stereocenters. The molecule has 0 saturated carbocycles. The predicted molar refractivity (Wildman–Crippen MR) is 86.7 cm³/mol. The monoisotopic (exact) mass is 346 g/mol. The van der Waals surface area contributed by atoms with E-state index in [1.165, 1.54) is 17.0 Å². The van der Waals surface area contributed by atoms with Crippen LogP contribution in [0.25, 0.3) is 0 Å². The van der Waals surface area contributed by atoms with Crippen LogP contribution in [0.3, 0.4) is 0 Å². The summed E-state index contributed by atoms with van der Waals surface area (Å²) in [5.41, 5.74) is -1.59. The van der Waals surface area contributed by atoms with E-state index >= 15 is 0 Å². The third-order valence-electron chi connectivity index (χ3n) is 3.47. The Labute approximate surface area is 140 Å². The van der Waals surface area contributed by atoms with E-state index in [4.69, 9.17) is 0 Å². The van der Waals surface area contributed by atoms with E-state index in [-0.39, 0.29) is 18.5 Å². The van der Waals surface area contributed by atoms with Crippen LogP contribution in [0.1, 0.15) is 38.8 Å². The number of hydrogen-bond donors (Lipinski definition) is 2. The smallest absolute Gasteiger partial charge is 0.389 e. The van der Waals surface area contributed by atoms with Gasteiger partial charge in [0.25, 0.3) is 0 Å². The van der Waals surface area contributed by atoms with Gasteiger partial charge in [-0.1, -0.05) is 18.2 Å². The van der Waals surface area contributed by atoms with Crippen molar-refractivity contribution in [2.24, 2.45) is 0 Å². The highest BCUT2D eigenvalue weighted by Crippen LogP contribution is 2.32. The average molecular weight is 346 g/mol. The molecule has 4 nitrogen and oxygen atoms in total. The fraction of sp³-hybridized carbons (Fsp3) is 0.588. The number of nitrogens with one attached hydrogen (secondary N) is 1. The van der Waals surface area contributed by atoms with Crippen LogP contribution in [0.15, 0.2) is 24.3 Å². The van der Waals surface area contributed by atoms with Crippen LogP contribution in [-0.4, -0.2) is 40.8 Å². The second-order valence-corrected chi connectivity index (χ2v) is 6.54. The van der Waals surface area contributed by atoms with E-state index in [2.05, 4.69) is 5.32 Å². The van der Waals surface area contributed by atoms with Gasteiger partial charge in [-0.25, -0.2) is 4.79 Å². The number of rotatable bonds is 6. The van der Waals surface area contributed by atoms with Gasteiger partial charge in [-0.15, -0.1) is 0 Å². The van der Waals surface area contributed by atoms with E-state index in [0.29, 0.717) is 6.54 Å². The molecule has 1 aromatic carbocycles. The molecule has 24 heavy (non-hydrogen) atoms. The minimum Gasteiger partial charge on any atom is -0.389 e. The number of aliphatic hydroxyl groups is 1. The molecule has 1 atom stereocenters. The van der Waals surface area contributed by atoms with Gasteiger partial charge in [0.15, 0.2) is 0 Å². The Morgan fingerprint density at radius 1 is 1.29 bits per heavy atom. The minimum absolute atomic E-state index is 0.0709. The fourth-order valence-corrected chi connectivity index (χ4v) is 2.45. The van der Waals surface area contributed by atoms with Crippen molar-refractivity contribution in [2.75, 3.05) is 13.1 Å². The maximum atomic E-state index is 13.0. The highest BCUT2D eigenvalue weighted by atomic mass is 19.4. The van der Waals surface area contributed by atoms with Crippen LogP contribution < -0.4 is 5.32 Å². The van der Waals surface area contributed by atoms with Gasteiger partial charge >= 0.3 is 12.2 Å². The summed E-state index contributed by atoms with van der Waals surface area (Å²) in [5, 5.41) is 12.5. The normalized spacial score (nSPS) is 13.5. The molecule has 0 saturated heterocycles. The molecule has 0 aliphatic rings. The van der Waals surface area contributed by atoms with E-state index in [0.717, 1.165) is 6.07 Å². The summed E-state index contributed by atoms with van der Waals surface area (Å²) in [5.74, 6) is 0. The number of halogens is 3. The molecule has 0 spiro atoms. The molecule has 0 aliphatic carbocycles. The van der Waals surface area contributed by atoms with Crippen molar-refractivity contribution in [3.8, 4) is 0 Å². The molecular formula is C17H25F3N2O2. The van der Waals surface area contributed by atoms with Crippen LogP contribution >= 0.6 is 0 Å². The molecular weight excluding hydrogens is 321 g/mol. The van der Waals surface area contributed by atoms with Crippen molar-refractivity contribution in [3.05, 3.63) is 35.4 Å². The first-order chi connectivity index (χ1) is 10.9. The van der Waals surface area contributed by atoms with Crippen molar-refractivity contribution in [3.63, 3.8) is 0 Å². The lowest BCUT2D eigenvalue weighted by Gasteiger charge is -2.29. The van der Waals surface area contributed by atoms with Crippen LogP contribution in [0.2, 0.25) is 0 Å². The number of urea groups is 1. The van der Waals surface area contributed by atoms with Crippen molar-refractivity contribution in [2.45, 2.75) is 51.9 Å². The van der Waals surface area contributed by atoms with Gasteiger partial charge in [0.05, 0.1) is 17.7 Å². The largest absolute Gasteiger partial charge is 0.416 e. The van der Waals surface area contributed by atoms with E-state index in [1.807, 2.05) is 0 Å². The van der Waals surface area contributed by atoms with Crippen LogP contribution in [0.4, 0.5) is 18.0 Å². The zero-order chi connectivity index (χ0) is 18.5. The zero-order valence-corrected chi connectivity index (χ0v) is 14.4. The Balaban J connectivity index is 2.76. The Kier molecular flexibility index (Phi) is 6.66. The second-order valence-electron chi connectivity index (χ2n) is 6.54. The van der Waals surface area contributed by atoms with Crippen molar-refractivity contribution >= 4 is 6.03 Å². The van der Waals surface area contributed by atoms with Crippen molar-refractivity contribution in [1.29, 1.82) is 0 Å². The maximum Gasteiger partial charge on any atom is 0.416 e. The number of amides is 2. The van der Waals surface area contributed by atoms with Gasteiger partial charge in [0.1, 0.15) is 0 Å². The molecule has 0 aromatic heterocycles. The minimum atomic E-state index is -4.42. The van der Waals surface area contributed by atoms with Gasteiger partial charge in [-0.3, -0.25) is 0 Å². The van der Waals surface area contributed by atoms with Crippen molar-refractivity contribution < 1.29 is 23.1 Å².